The van der Waals surface area contributed by atoms with Crippen LogP contribution >= 0.6 is 11.3 Å². The van der Waals surface area contributed by atoms with Crippen LogP contribution in [0.15, 0.2) is 47.5 Å². The first kappa shape index (κ1) is 27.0. The molecule has 0 saturated heterocycles. The zero-order chi connectivity index (χ0) is 27.7. The summed E-state index contributed by atoms with van der Waals surface area (Å²) in [5.41, 5.74) is 3.62. The minimum atomic E-state index is -3.32. The van der Waals surface area contributed by atoms with Gasteiger partial charge in [0.05, 0.1) is 35.9 Å². The fraction of sp³-hybridized carbons (Fsp3) is 0.385. The molecule has 1 aliphatic rings. The lowest BCUT2D eigenvalue weighted by Gasteiger charge is -2.27. The maximum absolute atomic E-state index is 12.7. The number of nitrogens with zero attached hydrogens (tertiary/aromatic N) is 7. The highest BCUT2D eigenvalue weighted by molar-refractivity contribution is 7.91. The van der Waals surface area contributed by atoms with Crippen molar-refractivity contribution in [3.8, 4) is 11.4 Å². The molecule has 0 aliphatic carbocycles. The topological polar surface area (TPSA) is 136 Å². The Morgan fingerprint density at radius 3 is 2.56 bits per heavy atom. The summed E-state index contributed by atoms with van der Waals surface area (Å²) in [5, 5.41) is 15.7. The lowest BCUT2D eigenvalue weighted by atomic mass is 10.0. The molecule has 0 saturated carbocycles. The van der Waals surface area contributed by atoms with Gasteiger partial charge in [0.25, 0.3) is 0 Å². The van der Waals surface area contributed by atoms with Crippen LogP contribution in [0.25, 0.3) is 11.4 Å². The van der Waals surface area contributed by atoms with Gasteiger partial charge in [-0.25, -0.2) is 13.4 Å². The normalized spacial score (nSPS) is 15.6. The van der Waals surface area contributed by atoms with Crippen LogP contribution in [0, 0.1) is 5.92 Å². The van der Waals surface area contributed by atoms with E-state index < -0.39 is 9.84 Å². The lowest BCUT2D eigenvalue weighted by molar-refractivity contribution is -0.115. The van der Waals surface area contributed by atoms with Gasteiger partial charge in [-0.05, 0) is 28.8 Å². The summed E-state index contributed by atoms with van der Waals surface area (Å²) in [6.45, 7) is 7.48. The highest BCUT2D eigenvalue weighted by Gasteiger charge is 2.36. The molecule has 0 fully saturated rings. The van der Waals surface area contributed by atoms with Gasteiger partial charge in [-0.1, -0.05) is 45.0 Å². The zero-order valence-corrected chi connectivity index (χ0v) is 23.8. The number of amides is 1. The average Bonchev–Trinajstić information content (AvgIpc) is 3.58. The van der Waals surface area contributed by atoms with Gasteiger partial charge in [-0.2, -0.15) is 4.80 Å². The largest absolute Gasteiger partial charge is 0.302 e. The molecule has 3 aromatic heterocycles. The number of carbonyl (C=O) groups is 1. The third kappa shape index (κ3) is 5.89. The Bertz CT molecular complexity index is 1580. The fourth-order valence-corrected chi connectivity index (χ4v) is 6.56. The number of fused-ring (bicyclic) bond motifs is 1. The number of tetrazole rings is 1. The van der Waals surface area contributed by atoms with Crippen LogP contribution in [0.5, 0.6) is 0 Å². The molecule has 0 spiro atoms. The zero-order valence-electron chi connectivity index (χ0n) is 22.2. The summed E-state index contributed by atoms with van der Waals surface area (Å²) < 4.78 is 23.9. The second-order valence-electron chi connectivity index (χ2n) is 9.83. The van der Waals surface area contributed by atoms with Crippen molar-refractivity contribution in [3.63, 3.8) is 0 Å². The standard InChI is InChI=1S/C26H30N8O3S2/c1-5-39(36,37)20-11-10-19(27-13-20)12-22(35)28-26-29-23-21(38-26)15-34(24(23)16(2)3)14-17-6-8-18(9-7-17)25-30-32-33(4)31-25/h6-11,13,16,24H,5,12,14-15H2,1-4H3,(H,28,29,35)/t24-/m1/s1. The first-order chi connectivity index (χ1) is 18.6. The van der Waals surface area contributed by atoms with Gasteiger partial charge in [0.2, 0.25) is 11.7 Å². The first-order valence-corrected chi connectivity index (χ1v) is 15.1. The maximum atomic E-state index is 12.7. The number of aromatic nitrogens is 6. The number of benzene rings is 1. The summed E-state index contributed by atoms with van der Waals surface area (Å²) in [7, 11) is -1.58. The number of sulfone groups is 1. The van der Waals surface area contributed by atoms with Crippen LogP contribution in [0.3, 0.4) is 0 Å². The number of hydrogen-bond donors (Lipinski definition) is 1. The lowest BCUT2D eigenvalue weighted by Crippen LogP contribution is -2.26. The minimum absolute atomic E-state index is 0.00586. The molecule has 0 radical (unpaired) electrons. The number of hydrogen-bond acceptors (Lipinski definition) is 10. The number of thiazole rings is 1. The van der Waals surface area contributed by atoms with Crippen molar-refractivity contribution in [2.75, 3.05) is 11.1 Å². The molecule has 204 valence electrons. The fourth-order valence-electron chi connectivity index (χ4n) is 4.70. The SMILES string of the molecule is CCS(=O)(=O)c1ccc(CC(=O)Nc2nc3c(s2)CN(Cc2ccc(-c4nnn(C)n4)cc2)[C@@H]3C(C)C)nc1. The van der Waals surface area contributed by atoms with Gasteiger partial charge < -0.3 is 5.32 Å². The molecule has 1 aliphatic heterocycles. The van der Waals surface area contributed by atoms with E-state index in [9.17, 15) is 13.2 Å². The Hall–Kier alpha value is -3.55. The van der Waals surface area contributed by atoms with Gasteiger partial charge in [0, 0.05) is 35.4 Å². The molecule has 1 N–H and O–H groups in total. The van der Waals surface area contributed by atoms with Crippen LogP contribution < -0.4 is 5.32 Å². The Kier molecular flexibility index (Phi) is 7.56. The Morgan fingerprint density at radius 2 is 1.95 bits per heavy atom. The van der Waals surface area contributed by atoms with Gasteiger partial charge in [-0.15, -0.1) is 21.5 Å². The number of anilines is 1. The van der Waals surface area contributed by atoms with E-state index in [-0.39, 0.29) is 29.0 Å². The van der Waals surface area contributed by atoms with E-state index in [0.717, 1.165) is 29.2 Å². The highest BCUT2D eigenvalue weighted by Crippen LogP contribution is 2.43. The number of rotatable bonds is 9. The van der Waals surface area contributed by atoms with Crippen LogP contribution in [-0.2, 0) is 41.2 Å². The molecule has 0 unspecified atom stereocenters. The van der Waals surface area contributed by atoms with Crippen molar-refractivity contribution >= 4 is 32.2 Å². The van der Waals surface area contributed by atoms with Gasteiger partial charge in [0.15, 0.2) is 15.0 Å². The molecule has 5 rings (SSSR count). The molecule has 1 aromatic carbocycles. The van der Waals surface area contributed by atoms with Crippen molar-refractivity contribution in [3.05, 3.63) is 64.4 Å². The molecule has 1 amide bonds. The quantitative estimate of drug-likeness (QED) is 0.323. The Balaban J connectivity index is 1.23. The molecular weight excluding hydrogens is 536 g/mol. The maximum Gasteiger partial charge on any atom is 0.232 e. The van der Waals surface area contributed by atoms with Crippen molar-refractivity contribution < 1.29 is 13.2 Å². The molecule has 39 heavy (non-hydrogen) atoms. The average molecular weight is 567 g/mol. The third-order valence-corrected chi connectivity index (χ3v) is 9.30. The van der Waals surface area contributed by atoms with E-state index in [2.05, 4.69) is 56.6 Å². The minimum Gasteiger partial charge on any atom is -0.302 e. The molecule has 11 nitrogen and oxygen atoms in total. The number of carbonyl (C=O) groups excluding carboxylic acids is 1. The van der Waals surface area contributed by atoms with E-state index in [1.807, 2.05) is 12.1 Å². The molecule has 1 atom stereocenters. The summed E-state index contributed by atoms with van der Waals surface area (Å²) >= 11 is 1.50. The van der Waals surface area contributed by atoms with E-state index in [0.29, 0.717) is 22.6 Å². The summed E-state index contributed by atoms with van der Waals surface area (Å²) in [5.74, 6) is 0.702. The molecule has 4 aromatic rings. The van der Waals surface area contributed by atoms with Crippen molar-refractivity contribution in [2.45, 2.75) is 51.2 Å². The van der Waals surface area contributed by atoms with Crippen LogP contribution in [0.2, 0.25) is 0 Å². The Labute approximate surface area is 231 Å². The second-order valence-corrected chi connectivity index (χ2v) is 13.2. The first-order valence-electron chi connectivity index (χ1n) is 12.7. The van der Waals surface area contributed by atoms with Crippen LogP contribution in [0.4, 0.5) is 5.13 Å². The summed E-state index contributed by atoms with van der Waals surface area (Å²) in [6, 6.07) is 11.4. The van der Waals surface area contributed by atoms with E-state index in [4.69, 9.17) is 4.98 Å². The van der Waals surface area contributed by atoms with Gasteiger partial charge in [0.1, 0.15) is 0 Å². The molecule has 4 heterocycles. The van der Waals surface area contributed by atoms with Gasteiger partial charge >= 0.3 is 0 Å². The smallest absolute Gasteiger partial charge is 0.232 e. The van der Waals surface area contributed by atoms with Crippen molar-refractivity contribution in [2.24, 2.45) is 13.0 Å². The van der Waals surface area contributed by atoms with Crippen LogP contribution in [-0.4, -0.2) is 55.2 Å². The highest BCUT2D eigenvalue weighted by atomic mass is 32.2. The third-order valence-electron chi connectivity index (χ3n) is 6.61. The Morgan fingerprint density at radius 1 is 1.18 bits per heavy atom. The second kappa shape index (κ2) is 10.9. The van der Waals surface area contributed by atoms with Crippen molar-refractivity contribution in [1.29, 1.82) is 0 Å². The van der Waals surface area contributed by atoms with E-state index >= 15 is 0 Å². The molecule has 13 heteroatoms. The predicted molar refractivity (Wildman–Crippen MR) is 147 cm³/mol. The summed E-state index contributed by atoms with van der Waals surface area (Å²) in [6.07, 6.45) is 1.35. The number of aryl methyl sites for hydroxylation is 1. The van der Waals surface area contributed by atoms with Gasteiger partial charge in [-0.3, -0.25) is 14.7 Å². The monoisotopic (exact) mass is 566 g/mol. The molecule has 0 bridgehead atoms. The van der Waals surface area contributed by atoms with E-state index in [1.54, 1.807) is 20.0 Å². The molecular formula is C26H30N8O3S2. The predicted octanol–water partition coefficient (Wildman–Crippen LogP) is 3.42. The van der Waals surface area contributed by atoms with Crippen LogP contribution in [0.1, 0.15) is 48.6 Å². The number of nitrogens with one attached hydrogen (secondary N) is 1. The summed E-state index contributed by atoms with van der Waals surface area (Å²) in [4.78, 5) is 26.8. The van der Waals surface area contributed by atoms with Crippen molar-refractivity contribution in [1.82, 2.24) is 35.1 Å². The number of pyridine rings is 1. The van der Waals surface area contributed by atoms with E-state index in [1.165, 1.54) is 34.0 Å².